The number of carboxylic acid groups (broad SMARTS) is 1. The standard InChI is InChI=1S/C11H22N2O5/c1-3-4-12(5-7-14)11(17)13(6-8-18-2)9-10(15)16/h14H,3-9H2,1-2H3,(H,15,16). The lowest BCUT2D eigenvalue weighted by Crippen LogP contribution is -2.47. The number of nitrogens with zero attached hydrogens (tertiary/aromatic N) is 2. The Morgan fingerprint density at radius 1 is 1.17 bits per heavy atom. The molecule has 2 N–H and O–H groups in total. The number of carbonyl (C=O) groups excluding carboxylic acids is 1. The summed E-state index contributed by atoms with van der Waals surface area (Å²) in [4.78, 5) is 25.4. The van der Waals surface area contributed by atoms with E-state index in [1.54, 1.807) is 0 Å². The molecule has 0 aromatic heterocycles. The van der Waals surface area contributed by atoms with E-state index in [0.717, 1.165) is 6.42 Å². The number of aliphatic carboxylic acids is 1. The van der Waals surface area contributed by atoms with Gasteiger partial charge in [0.15, 0.2) is 0 Å². The molecule has 18 heavy (non-hydrogen) atoms. The van der Waals surface area contributed by atoms with E-state index in [4.69, 9.17) is 14.9 Å². The molecule has 0 bridgehead atoms. The summed E-state index contributed by atoms with van der Waals surface area (Å²) >= 11 is 0. The van der Waals surface area contributed by atoms with Crippen LogP contribution < -0.4 is 0 Å². The summed E-state index contributed by atoms with van der Waals surface area (Å²) < 4.78 is 4.85. The molecule has 0 radical (unpaired) electrons. The van der Waals surface area contributed by atoms with Crippen LogP contribution >= 0.6 is 0 Å². The van der Waals surface area contributed by atoms with Gasteiger partial charge in [0.1, 0.15) is 6.54 Å². The molecule has 7 heteroatoms. The van der Waals surface area contributed by atoms with Crippen molar-refractivity contribution in [3.8, 4) is 0 Å². The minimum absolute atomic E-state index is 0.142. The summed E-state index contributed by atoms with van der Waals surface area (Å²) in [5.41, 5.74) is 0. The van der Waals surface area contributed by atoms with Gasteiger partial charge in [-0.05, 0) is 6.42 Å². The number of amides is 2. The van der Waals surface area contributed by atoms with E-state index < -0.39 is 5.97 Å². The van der Waals surface area contributed by atoms with Crippen LogP contribution in [0.4, 0.5) is 4.79 Å². The van der Waals surface area contributed by atoms with Gasteiger partial charge >= 0.3 is 12.0 Å². The van der Waals surface area contributed by atoms with Gasteiger partial charge < -0.3 is 24.7 Å². The van der Waals surface area contributed by atoms with E-state index in [1.165, 1.54) is 16.9 Å². The van der Waals surface area contributed by atoms with Crippen molar-refractivity contribution in [2.75, 3.05) is 46.5 Å². The van der Waals surface area contributed by atoms with Gasteiger partial charge in [-0.3, -0.25) is 4.79 Å². The molecule has 0 aliphatic rings. The summed E-state index contributed by atoms with van der Waals surface area (Å²) in [6.07, 6.45) is 0.747. The maximum Gasteiger partial charge on any atom is 0.323 e. The van der Waals surface area contributed by atoms with Crippen molar-refractivity contribution < 1.29 is 24.5 Å². The van der Waals surface area contributed by atoms with Crippen molar-refractivity contribution in [2.45, 2.75) is 13.3 Å². The summed E-state index contributed by atoms with van der Waals surface area (Å²) in [6, 6.07) is -0.384. The first kappa shape index (κ1) is 16.7. The minimum atomic E-state index is -1.07. The third kappa shape index (κ3) is 6.41. The first-order chi connectivity index (χ1) is 8.56. The number of aliphatic hydroxyl groups is 1. The molecule has 0 aromatic carbocycles. The van der Waals surface area contributed by atoms with Gasteiger partial charge in [-0.1, -0.05) is 6.92 Å². The van der Waals surface area contributed by atoms with Gasteiger partial charge in [0, 0.05) is 26.7 Å². The van der Waals surface area contributed by atoms with E-state index in [2.05, 4.69) is 0 Å². The molecule has 0 heterocycles. The van der Waals surface area contributed by atoms with Crippen LogP contribution in [0.1, 0.15) is 13.3 Å². The molecule has 0 saturated carbocycles. The molecule has 0 atom stereocenters. The number of hydrogen-bond acceptors (Lipinski definition) is 4. The van der Waals surface area contributed by atoms with Gasteiger partial charge in [0.2, 0.25) is 0 Å². The van der Waals surface area contributed by atoms with Crippen LogP contribution in [0.25, 0.3) is 0 Å². The molecule has 0 unspecified atom stereocenters. The number of carboxylic acids is 1. The highest BCUT2D eigenvalue weighted by atomic mass is 16.5. The molecule has 0 fully saturated rings. The Kier molecular flexibility index (Phi) is 8.95. The van der Waals surface area contributed by atoms with Gasteiger partial charge in [0.05, 0.1) is 13.2 Å². The number of ether oxygens (including phenoxy) is 1. The molecule has 0 aliphatic carbocycles. The number of aliphatic hydroxyl groups excluding tert-OH is 1. The van der Waals surface area contributed by atoms with E-state index in [0.29, 0.717) is 6.54 Å². The second-order valence-electron chi connectivity index (χ2n) is 3.80. The highest BCUT2D eigenvalue weighted by Gasteiger charge is 2.21. The Bertz CT molecular complexity index is 254. The Hall–Kier alpha value is -1.34. The monoisotopic (exact) mass is 262 g/mol. The molecule has 7 nitrogen and oxygen atoms in total. The van der Waals surface area contributed by atoms with Crippen LogP contribution in [0, 0.1) is 0 Å². The third-order valence-corrected chi connectivity index (χ3v) is 2.30. The van der Waals surface area contributed by atoms with Crippen molar-refractivity contribution in [3.63, 3.8) is 0 Å². The highest BCUT2D eigenvalue weighted by molar-refractivity contribution is 5.80. The predicted octanol–water partition coefficient (Wildman–Crippen LogP) is -0.156. The van der Waals surface area contributed by atoms with Crippen molar-refractivity contribution in [2.24, 2.45) is 0 Å². The van der Waals surface area contributed by atoms with Crippen molar-refractivity contribution >= 4 is 12.0 Å². The van der Waals surface area contributed by atoms with Crippen LogP contribution in [-0.4, -0.2) is 78.5 Å². The fraction of sp³-hybridized carbons (Fsp3) is 0.818. The normalized spacial score (nSPS) is 10.2. The SMILES string of the molecule is CCCN(CCO)C(=O)N(CCOC)CC(=O)O. The van der Waals surface area contributed by atoms with Gasteiger partial charge in [-0.2, -0.15) is 0 Å². The van der Waals surface area contributed by atoms with E-state index in [9.17, 15) is 9.59 Å². The molecule has 106 valence electrons. The summed E-state index contributed by atoms with van der Waals surface area (Å²) in [6.45, 7) is 2.59. The maximum absolute atomic E-state index is 12.1. The topological polar surface area (TPSA) is 90.3 Å². The molecule has 0 saturated heterocycles. The maximum atomic E-state index is 12.1. The van der Waals surface area contributed by atoms with E-state index in [1.807, 2.05) is 6.92 Å². The second-order valence-corrected chi connectivity index (χ2v) is 3.80. The number of methoxy groups -OCH3 is 1. The molecule has 0 aliphatic heterocycles. The highest BCUT2D eigenvalue weighted by Crippen LogP contribution is 2.01. The molecule has 0 spiro atoms. The Labute approximate surface area is 107 Å². The largest absolute Gasteiger partial charge is 0.480 e. The number of hydrogen-bond donors (Lipinski definition) is 2. The Morgan fingerprint density at radius 3 is 2.28 bits per heavy atom. The van der Waals surface area contributed by atoms with Crippen molar-refractivity contribution in [1.29, 1.82) is 0 Å². The molecule has 0 rings (SSSR count). The predicted molar refractivity (Wildman–Crippen MR) is 65.4 cm³/mol. The zero-order valence-electron chi connectivity index (χ0n) is 11.0. The van der Waals surface area contributed by atoms with Gasteiger partial charge in [-0.15, -0.1) is 0 Å². The molecular formula is C11H22N2O5. The van der Waals surface area contributed by atoms with E-state index in [-0.39, 0.29) is 38.9 Å². The van der Waals surface area contributed by atoms with Crippen LogP contribution in [0.3, 0.4) is 0 Å². The quantitative estimate of drug-likeness (QED) is 0.603. The summed E-state index contributed by atoms with van der Waals surface area (Å²) in [5.74, 6) is -1.07. The number of rotatable bonds is 9. The first-order valence-corrected chi connectivity index (χ1v) is 5.92. The number of carbonyl (C=O) groups is 2. The average Bonchev–Trinajstić information content (AvgIpc) is 2.33. The minimum Gasteiger partial charge on any atom is -0.480 e. The van der Waals surface area contributed by atoms with Gasteiger partial charge in [0.25, 0.3) is 0 Å². The summed E-state index contributed by atoms with van der Waals surface area (Å²) in [5, 5.41) is 17.7. The van der Waals surface area contributed by atoms with Crippen LogP contribution in [0.5, 0.6) is 0 Å². The van der Waals surface area contributed by atoms with Gasteiger partial charge in [-0.25, -0.2) is 4.79 Å². The second kappa shape index (κ2) is 9.67. The molecule has 2 amide bonds. The number of urea groups is 1. The van der Waals surface area contributed by atoms with Crippen molar-refractivity contribution in [3.05, 3.63) is 0 Å². The lowest BCUT2D eigenvalue weighted by molar-refractivity contribution is -0.137. The van der Waals surface area contributed by atoms with E-state index >= 15 is 0 Å². The Balaban J connectivity index is 4.60. The fourth-order valence-corrected chi connectivity index (χ4v) is 1.50. The molecule has 0 aromatic rings. The van der Waals surface area contributed by atoms with Crippen LogP contribution in [-0.2, 0) is 9.53 Å². The van der Waals surface area contributed by atoms with Crippen LogP contribution in [0.2, 0.25) is 0 Å². The third-order valence-electron chi connectivity index (χ3n) is 2.30. The first-order valence-electron chi connectivity index (χ1n) is 5.92. The average molecular weight is 262 g/mol. The fourth-order valence-electron chi connectivity index (χ4n) is 1.50. The Morgan fingerprint density at radius 2 is 1.83 bits per heavy atom. The van der Waals surface area contributed by atoms with Crippen LogP contribution in [0.15, 0.2) is 0 Å². The zero-order valence-corrected chi connectivity index (χ0v) is 11.0. The smallest absolute Gasteiger partial charge is 0.323 e. The zero-order chi connectivity index (χ0) is 14.0. The summed E-state index contributed by atoms with van der Waals surface area (Å²) in [7, 11) is 1.49. The lowest BCUT2D eigenvalue weighted by Gasteiger charge is -2.29. The van der Waals surface area contributed by atoms with Crippen molar-refractivity contribution in [1.82, 2.24) is 9.80 Å². The molecular weight excluding hydrogens is 240 g/mol. The lowest BCUT2D eigenvalue weighted by atomic mass is 10.4.